The Bertz CT molecular complexity index is 1310. The summed E-state index contributed by atoms with van der Waals surface area (Å²) in [5.74, 6) is -1.78. The van der Waals surface area contributed by atoms with Crippen molar-refractivity contribution in [1.29, 1.82) is 5.41 Å². The van der Waals surface area contributed by atoms with Crippen molar-refractivity contribution in [3.8, 4) is 0 Å². The van der Waals surface area contributed by atoms with E-state index in [4.69, 9.17) is 25.7 Å². The number of nitrogens with one attached hydrogen (secondary N) is 2. The van der Waals surface area contributed by atoms with Crippen molar-refractivity contribution in [3.05, 3.63) is 23.7 Å². The number of hydrogen-bond donors (Lipinski definition) is 3. The fourth-order valence-corrected chi connectivity index (χ4v) is 5.79. The van der Waals surface area contributed by atoms with Crippen molar-refractivity contribution in [2.24, 2.45) is 11.7 Å². The van der Waals surface area contributed by atoms with E-state index in [1.807, 2.05) is 4.68 Å². The molecule has 2 amide bonds. The summed E-state index contributed by atoms with van der Waals surface area (Å²) in [5, 5.41) is 16.3. The zero-order valence-corrected chi connectivity index (χ0v) is 22.0. The molecule has 1 atom stereocenters. The maximum atomic E-state index is 14.2. The maximum Gasteiger partial charge on any atom is 0.322 e. The van der Waals surface area contributed by atoms with Gasteiger partial charge in [-0.1, -0.05) is 0 Å². The van der Waals surface area contributed by atoms with E-state index in [2.05, 4.69) is 15.2 Å². The Morgan fingerprint density at radius 2 is 2.10 bits per heavy atom. The molecular weight excluding hydrogens is 510 g/mol. The molecule has 4 aliphatic rings. The van der Waals surface area contributed by atoms with Crippen LogP contribution < -0.4 is 16.0 Å². The van der Waals surface area contributed by atoms with E-state index < -0.39 is 24.0 Å². The zero-order valence-electron chi connectivity index (χ0n) is 22.0. The number of alkyl halides is 2. The predicted molar refractivity (Wildman–Crippen MR) is 141 cm³/mol. The van der Waals surface area contributed by atoms with Gasteiger partial charge in [-0.15, -0.1) is 0 Å². The molecule has 0 aromatic carbocycles. The van der Waals surface area contributed by atoms with E-state index in [9.17, 15) is 13.6 Å². The Morgan fingerprint density at radius 3 is 2.77 bits per heavy atom. The van der Waals surface area contributed by atoms with Crippen LogP contribution in [-0.2, 0) is 16.0 Å². The minimum absolute atomic E-state index is 0.0118. The number of pyridine rings is 1. The lowest BCUT2D eigenvalue weighted by Crippen LogP contribution is -2.56. The quantitative estimate of drug-likeness (QED) is 0.456. The summed E-state index contributed by atoms with van der Waals surface area (Å²) in [6.07, 6.45) is 5.19. The Labute approximate surface area is 224 Å². The third-order valence-corrected chi connectivity index (χ3v) is 8.50. The van der Waals surface area contributed by atoms with Gasteiger partial charge in [-0.3, -0.25) is 9.67 Å². The third-order valence-electron chi connectivity index (χ3n) is 8.50. The molecule has 5 heterocycles. The highest BCUT2D eigenvalue weighted by Gasteiger charge is 2.57. The molecule has 1 aliphatic carbocycles. The van der Waals surface area contributed by atoms with Crippen molar-refractivity contribution in [3.63, 3.8) is 0 Å². The van der Waals surface area contributed by atoms with Gasteiger partial charge in [0.15, 0.2) is 5.82 Å². The number of allylic oxidation sites excluding steroid dienone is 1. The molecule has 4 N–H and O–H groups in total. The summed E-state index contributed by atoms with van der Waals surface area (Å²) in [4.78, 5) is 21.0. The molecule has 39 heavy (non-hydrogen) atoms. The molecule has 6 rings (SSSR count). The lowest BCUT2D eigenvalue weighted by molar-refractivity contribution is -0.0734. The van der Waals surface area contributed by atoms with Crippen molar-refractivity contribution in [2.45, 2.75) is 56.2 Å². The second-order valence-corrected chi connectivity index (χ2v) is 11.2. The van der Waals surface area contributed by atoms with Crippen LogP contribution in [0.15, 0.2) is 18.0 Å². The highest BCUT2D eigenvalue weighted by Crippen LogP contribution is 2.51. The normalized spacial score (nSPS) is 24.5. The number of ether oxygens (including phenoxy) is 2. The number of aromatic nitrogens is 3. The number of piperidine rings is 1. The number of nitrogens with zero attached hydrogens (tertiary/aromatic N) is 5. The second kappa shape index (κ2) is 9.70. The minimum Gasteiger partial charge on any atom is -0.395 e. The molecule has 2 aromatic heterocycles. The van der Waals surface area contributed by atoms with Gasteiger partial charge in [0, 0.05) is 63.6 Å². The van der Waals surface area contributed by atoms with Crippen LogP contribution in [0, 0.1) is 11.3 Å². The van der Waals surface area contributed by atoms with E-state index in [0.717, 1.165) is 49.1 Å². The summed E-state index contributed by atoms with van der Waals surface area (Å²) < 4.78 is 41.2. The molecule has 1 unspecified atom stereocenters. The molecule has 2 aromatic rings. The van der Waals surface area contributed by atoms with Crippen molar-refractivity contribution < 1.29 is 23.0 Å². The van der Waals surface area contributed by atoms with Gasteiger partial charge >= 0.3 is 6.03 Å². The Morgan fingerprint density at radius 1 is 1.33 bits per heavy atom. The van der Waals surface area contributed by atoms with Gasteiger partial charge in [0.25, 0.3) is 5.92 Å². The van der Waals surface area contributed by atoms with Gasteiger partial charge in [-0.25, -0.2) is 13.6 Å². The van der Waals surface area contributed by atoms with Gasteiger partial charge in [0.2, 0.25) is 0 Å². The number of halogens is 2. The first-order chi connectivity index (χ1) is 18.7. The highest BCUT2D eigenvalue weighted by atomic mass is 19.3. The number of amides is 2. The number of rotatable bonds is 7. The average molecular weight is 545 g/mol. The molecule has 13 heteroatoms. The van der Waals surface area contributed by atoms with Gasteiger partial charge in [-0.05, 0) is 31.7 Å². The highest BCUT2D eigenvalue weighted by molar-refractivity contribution is 5.96. The van der Waals surface area contributed by atoms with E-state index in [1.54, 1.807) is 19.4 Å². The summed E-state index contributed by atoms with van der Waals surface area (Å²) >= 11 is 0. The number of anilines is 1. The van der Waals surface area contributed by atoms with Crippen LogP contribution in [0.25, 0.3) is 16.6 Å². The molecule has 4 fully saturated rings. The topological polar surface area (TPSA) is 135 Å². The van der Waals surface area contributed by atoms with E-state index in [-0.39, 0.29) is 30.3 Å². The molecule has 3 saturated heterocycles. The molecule has 3 aliphatic heterocycles. The van der Waals surface area contributed by atoms with Crippen LogP contribution in [0.4, 0.5) is 19.4 Å². The lowest BCUT2D eigenvalue weighted by atomic mass is 9.97. The first-order valence-corrected chi connectivity index (χ1v) is 13.4. The zero-order chi connectivity index (χ0) is 27.4. The summed E-state index contributed by atoms with van der Waals surface area (Å²) in [6.45, 7) is 2.91. The van der Waals surface area contributed by atoms with Crippen molar-refractivity contribution >= 4 is 34.7 Å². The van der Waals surface area contributed by atoms with E-state index in [0.29, 0.717) is 37.6 Å². The van der Waals surface area contributed by atoms with Crippen LogP contribution >= 0.6 is 0 Å². The van der Waals surface area contributed by atoms with E-state index >= 15 is 0 Å². The standard InChI is InChI=1S/C26H34F2N8O3/c1-38-17-12-34(13-17)23-18-10-31-19(8-21(18)36(33-23)11-16-2-7-39-14-16)22(30)20(9-29)32-24(37)35-15-26(27,28)6-5-25(35)3-4-25/h8-10,16-17,29H,2-7,11-15,30H2,1H3,(H,32,37)/b22-20+,29-9?. The lowest BCUT2D eigenvalue weighted by Gasteiger charge is -2.40. The predicted octanol–water partition coefficient (Wildman–Crippen LogP) is 2.55. The number of nitrogens with two attached hydrogens (primary N) is 1. The first-order valence-electron chi connectivity index (χ1n) is 13.4. The monoisotopic (exact) mass is 544 g/mol. The molecule has 0 bridgehead atoms. The minimum atomic E-state index is -2.93. The van der Waals surface area contributed by atoms with Crippen molar-refractivity contribution in [1.82, 2.24) is 25.0 Å². The van der Waals surface area contributed by atoms with Crippen LogP contribution in [0.2, 0.25) is 0 Å². The number of carbonyl (C=O) groups excluding carboxylic acids is 1. The first kappa shape index (κ1) is 25.9. The summed E-state index contributed by atoms with van der Waals surface area (Å²) in [6, 6.07) is 1.13. The fourth-order valence-electron chi connectivity index (χ4n) is 5.79. The fraction of sp³-hybridized carbons (Fsp3) is 0.615. The van der Waals surface area contributed by atoms with Gasteiger partial charge in [-0.2, -0.15) is 5.10 Å². The Hall–Kier alpha value is -3.32. The number of likely N-dealkylation sites (tertiary alicyclic amines) is 1. The average Bonchev–Trinajstić information content (AvgIpc) is 3.32. The van der Waals surface area contributed by atoms with Crippen molar-refractivity contribution in [2.75, 3.05) is 44.9 Å². The number of urea groups is 1. The molecule has 0 radical (unpaired) electrons. The van der Waals surface area contributed by atoms with Crippen LogP contribution in [0.5, 0.6) is 0 Å². The number of carbonyl (C=O) groups is 1. The molecule has 210 valence electrons. The smallest absolute Gasteiger partial charge is 0.322 e. The Kier molecular flexibility index (Phi) is 6.45. The van der Waals surface area contributed by atoms with Gasteiger partial charge in [0.1, 0.15) is 0 Å². The largest absolute Gasteiger partial charge is 0.395 e. The van der Waals surface area contributed by atoms with Gasteiger partial charge in [0.05, 0.1) is 47.2 Å². The SMILES string of the molecule is COC1CN(c2nn(CC3CCOC3)c3cc(/C(N)=C(/C=N)NC(=O)N4CC(F)(F)CCC45CC5)ncc23)C1. The number of hydrogen-bond acceptors (Lipinski definition) is 8. The number of methoxy groups -OCH3 is 1. The Balaban J connectivity index is 1.29. The second-order valence-electron chi connectivity index (χ2n) is 11.2. The van der Waals surface area contributed by atoms with Gasteiger partial charge < -0.3 is 35.7 Å². The molecular formula is C26H34F2N8O3. The molecule has 1 saturated carbocycles. The molecule has 11 nitrogen and oxygen atoms in total. The van der Waals surface area contributed by atoms with Crippen LogP contribution in [0.1, 0.15) is 37.8 Å². The summed E-state index contributed by atoms with van der Waals surface area (Å²) in [5.41, 5.74) is 7.18. The van der Waals surface area contributed by atoms with Crippen LogP contribution in [-0.4, -0.2) is 89.4 Å². The maximum absolute atomic E-state index is 14.2. The van der Waals surface area contributed by atoms with E-state index in [1.165, 1.54) is 4.90 Å². The summed E-state index contributed by atoms with van der Waals surface area (Å²) in [7, 11) is 1.70. The molecule has 1 spiro atoms. The van der Waals surface area contributed by atoms with Crippen LogP contribution in [0.3, 0.4) is 0 Å². The third kappa shape index (κ3) is 4.82. The number of fused-ring (bicyclic) bond motifs is 1.